The largest absolute Gasteiger partial charge is 4.00 e. The summed E-state index contributed by atoms with van der Waals surface area (Å²) in [6.45, 7) is 13.4. The molecule has 1 nitrogen and oxygen atoms in total. The third kappa shape index (κ3) is 16.1. The Morgan fingerprint density at radius 1 is 0.464 bits per heavy atom. The summed E-state index contributed by atoms with van der Waals surface area (Å²) in [6, 6.07) is 29.6. The van der Waals surface area contributed by atoms with E-state index in [0.717, 1.165) is 29.8 Å². The van der Waals surface area contributed by atoms with Crippen molar-refractivity contribution in [1.29, 1.82) is 0 Å². The van der Waals surface area contributed by atoms with Gasteiger partial charge >= 0.3 is 21.7 Å². The van der Waals surface area contributed by atoms with E-state index < -0.39 is 0 Å². The average molecular weight is 405 g/mol. The van der Waals surface area contributed by atoms with Gasteiger partial charge in [0.1, 0.15) is 0 Å². The summed E-state index contributed by atoms with van der Waals surface area (Å²) in [4.78, 5) is 0. The fourth-order valence-corrected chi connectivity index (χ4v) is 2.17. The van der Waals surface area contributed by atoms with Crippen molar-refractivity contribution in [2.24, 2.45) is 0 Å². The van der Waals surface area contributed by atoms with Crippen LogP contribution in [0.5, 0.6) is 0 Å². The summed E-state index contributed by atoms with van der Waals surface area (Å²) in [6.07, 6.45) is 4.07. The second kappa shape index (κ2) is 18.3. The van der Waals surface area contributed by atoms with Crippen LogP contribution in [0.2, 0.25) is 0 Å². The van der Waals surface area contributed by atoms with Crippen LogP contribution in [0.25, 0.3) is 5.32 Å². The standard InChI is InChI=1S/3C7H7.C5H10N.Ti/c3*1-7-5-3-2-4-6-7;1-2-4-6-5-3-1;/h3*2-6H,1H2;1-5H2;/q4*-1;+4. The van der Waals surface area contributed by atoms with Gasteiger partial charge in [0, 0.05) is 0 Å². The minimum absolute atomic E-state index is 0. The maximum Gasteiger partial charge on any atom is 4.00 e. The van der Waals surface area contributed by atoms with Crippen LogP contribution in [0.1, 0.15) is 36.0 Å². The summed E-state index contributed by atoms with van der Waals surface area (Å²) in [5, 5.41) is 4.18. The number of hydrogen-bond acceptors (Lipinski definition) is 0. The zero-order chi connectivity index (χ0) is 19.6. The number of rotatable bonds is 0. The van der Waals surface area contributed by atoms with E-state index in [4.69, 9.17) is 0 Å². The van der Waals surface area contributed by atoms with E-state index in [1.807, 2.05) is 91.0 Å². The van der Waals surface area contributed by atoms with Crippen molar-refractivity contribution in [2.45, 2.75) is 19.3 Å². The molecule has 0 radical (unpaired) electrons. The van der Waals surface area contributed by atoms with Gasteiger partial charge in [-0.05, 0) is 0 Å². The van der Waals surface area contributed by atoms with Gasteiger partial charge in [0.25, 0.3) is 0 Å². The molecule has 0 aromatic heterocycles. The average Bonchev–Trinajstić information content (AvgIpc) is 2.73. The Balaban J connectivity index is 0.000000344. The Morgan fingerprint density at radius 3 is 0.857 bits per heavy atom. The Kier molecular flexibility index (Phi) is 17.0. The second-order valence-electron chi connectivity index (χ2n) is 6.19. The molecular weight excluding hydrogens is 374 g/mol. The van der Waals surface area contributed by atoms with E-state index in [9.17, 15) is 0 Å². The molecule has 4 rings (SSSR count). The Hall–Kier alpha value is -2.06. The summed E-state index contributed by atoms with van der Waals surface area (Å²) in [5.74, 6) is 0. The van der Waals surface area contributed by atoms with Gasteiger partial charge in [0.2, 0.25) is 0 Å². The van der Waals surface area contributed by atoms with E-state index >= 15 is 0 Å². The van der Waals surface area contributed by atoms with Gasteiger partial charge in [-0.2, -0.15) is 73.9 Å². The molecule has 0 spiro atoms. The van der Waals surface area contributed by atoms with Crippen LogP contribution >= 0.6 is 0 Å². The van der Waals surface area contributed by atoms with Crippen molar-refractivity contribution in [2.75, 3.05) is 13.1 Å². The molecule has 144 valence electrons. The SMILES string of the molecule is C1CC[N-]CC1.[CH2-]c1ccccc1.[CH2-]c1ccccc1.[CH2-]c1ccccc1.[Ti+4]. The number of nitrogens with zero attached hydrogens (tertiary/aromatic N) is 1. The molecule has 0 aliphatic carbocycles. The monoisotopic (exact) mass is 405 g/mol. The third-order valence-electron chi connectivity index (χ3n) is 3.66. The molecule has 0 bridgehead atoms. The molecule has 0 amide bonds. The zero-order valence-electron chi connectivity index (χ0n) is 16.8. The second-order valence-corrected chi connectivity index (χ2v) is 6.19. The molecule has 0 N–H and O–H groups in total. The minimum atomic E-state index is 0. The first-order valence-corrected chi connectivity index (χ1v) is 9.43. The van der Waals surface area contributed by atoms with Gasteiger partial charge < -0.3 is 5.32 Å². The molecule has 0 saturated carbocycles. The van der Waals surface area contributed by atoms with E-state index in [1.54, 1.807) is 0 Å². The Labute approximate surface area is 187 Å². The molecule has 2 heteroatoms. The van der Waals surface area contributed by atoms with Gasteiger partial charge in [-0.3, -0.25) is 0 Å². The number of benzene rings is 3. The van der Waals surface area contributed by atoms with Crippen LogP contribution in [-0.4, -0.2) is 13.1 Å². The van der Waals surface area contributed by atoms with Crippen LogP contribution in [0, 0.1) is 20.8 Å². The molecule has 1 aliphatic rings. The predicted molar refractivity (Wildman–Crippen MR) is 120 cm³/mol. The minimum Gasteiger partial charge on any atom is -0.662 e. The molecular formula is C26H31NTi. The van der Waals surface area contributed by atoms with Gasteiger partial charge in [0.05, 0.1) is 0 Å². The van der Waals surface area contributed by atoms with Gasteiger partial charge in [-0.25, -0.2) is 0 Å². The first-order chi connectivity index (χ1) is 13.2. The van der Waals surface area contributed by atoms with Crippen molar-refractivity contribution in [3.05, 3.63) is 134 Å². The van der Waals surface area contributed by atoms with E-state index in [2.05, 4.69) is 26.1 Å². The van der Waals surface area contributed by atoms with E-state index in [-0.39, 0.29) is 21.7 Å². The van der Waals surface area contributed by atoms with E-state index in [0.29, 0.717) is 0 Å². The smallest absolute Gasteiger partial charge is 0.662 e. The van der Waals surface area contributed by atoms with Crippen molar-refractivity contribution >= 4 is 0 Å². The Morgan fingerprint density at radius 2 is 0.750 bits per heavy atom. The van der Waals surface area contributed by atoms with Crippen molar-refractivity contribution in [1.82, 2.24) is 0 Å². The topological polar surface area (TPSA) is 14.1 Å². The third-order valence-corrected chi connectivity index (χ3v) is 3.66. The number of piperidine rings is 1. The molecule has 1 fully saturated rings. The van der Waals surface area contributed by atoms with Crippen LogP contribution < -0.4 is 0 Å². The van der Waals surface area contributed by atoms with Crippen LogP contribution in [0.4, 0.5) is 0 Å². The molecule has 1 saturated heterocycles. The number of hydrogen-bond donors (Lipinski definition) is 0. The molecule has 3 aromatic rings. The van der Waals surface area contributed by atoms with Crippen molar-refractivity contribution in [3.63, 3.8) is 0 Å². The van der Waals surface area contributed by atoms with Gasteiger partial charge in [-0.1, -0.05) is 37.5 Å². The van der Waals surface area contributed by atoms with E-state index in [1.165, 1.54) is 19.3 Å². The van der Waals surface area contributed by atoms with Crippen LogP contribution in [-0.2, 0) is 21.7 Å². The van der Waals surface area contributed by atoms with Crippen molar-refractivity contribution in [3.8, 4) is 0 Å². The fourth-order valence-electron chi connectivity index (χ4n) is 2.17. The Bertz CT molecular complexity index is 564. The zero-order valence-corrected chi connectivity index (χ0v) is 18.3. The summed E-state index contributed by atoms with van der Waals surface area (Å²) in [7, 11) is 0. The maximum atomic E-state index is 4.18. The van der Waals surface area contributed by atoms with Gasteiger partial charge in [0.15, 0.2) is 0 Å². The quantitative estimate of drug-likeness (QED) is 0.279. The predicted octanol–water partition coefficient (Wildman–Crippen LogP) is 7.15. The van der Waals surface area contributed by atoms with Crippen LogP contribution in [0.15, 0.2) is 91.0 Å². The summed E-state index contributed by atoms with van der Waals surface area (Å²) in [5.41, 5.74) is 3.22. The van der Waals surface area contributed by atoms with Crippen LogP contribution in [0.3, 0.4) is 0 Å². The summed E-state index contributed by atoms with van der Waals surface area (Å²) < 4.78 is 0. The molecule has 1 aliphatic heterocycles. The fraction of sp³-hybridized carbons (Fsp3) is 0.192. The maximum absolute atomic E-state index is 4.18. The molecule has 0 atom stereocenters. The first-order valence-electron chi connectivity index (χ1n) is 9.43. The first kappa shape index (κ1) is 25.9. The van der Waals surface area contributed by atoms with Gasteiger partial charge in [-0.15, -0.1) is 49.5 Å². The molecule has 1 heterocycles. The molecule has 0 unspecified atom stereocenters. The van der Waals surface area contributed by atoms with Crippen molar-refractivity contribution < 1.29 is 21.7 Å². The summed E-state index contributed by atoms with van der Waals surface area (Å²) >= 11 is 0. The normalized spacial score (nSPS) is 11.6. The molecule has 3 aromatic carbocycles. The molecule has 28 heavy (non-hydrogen) atoms.